The third-order valence-corrected chi connectivity index (χ3v) is 2.61. The number of nitrogens with one attached hydrogen (secondary N) is 2. The molecule has 1 aliphatic rings. The lowest BCUT2D eigenvalue weighted by Crippen LogP contribution is -2.26. The van der Waals surface area contributed by atoms with Crippen molar-refractivity contribution in [1.29, 1.82) is 0 Å². The smallest absolute Gasteiger partial charge is 0.220 e. The van der Waals surface area contributed by atoms with E-state index >= 15 is 0 Å². The van der Waals surface area contributed by atoms with Gasteiger partial charge in [0.1, 0.15) is 5.84 Å². The lowest BCUT2D eigenvalue weighted by Gasteiger charge is -2.05. The molecule has 1 rings (SSSR count). The number of nitrogens with two attached hydrogens (primary N) is 1. The van der Waals surface area contributed by atoms with Crippen molar-refractivity contribution in [3.05, 3.63) is 0 Å². The lowest BCUT2D eigenvalue weighted by atomic mass is 10.2. The van der Waals surface area contributed by atoms with Crippen molar-refractivity contribution in [2.75, 3.05) is 13.1 Å². The fourth-order valence-electron chi connectivity index (χ4n) is 1.47. The van der Waals surface area contributed by atoms with Gasteiger partial charge in [-0.15, -0.1) is 0 Å². The molecule has 0 heterocycles. The van der Waals surface area contributed by atoms with Crippen LogP contribution in [-0.2, 0) is 4.79 Å². The van der Waals surface area contributed by atoms with Gasteiger partial charge >= 0.3 is 0 Å². The van der Waals surface area contributed by atoms with Gasteiger partial charge in [-0.1, -0.05) is 5.16 Å². The van der Waals surface area contributed by atoms with Crippen LogP contribution in [-0.4, -0.2) is 36.1 Å². The highest BCUT2D eigenvalue weighted by atomic mass is 16.4. The maximum absolute atomic E-state index is 11.3. The first-order valence-electron chi connectivity index (χ1n) is 6.19. The molecule has 0 saturated heterocycles. The summed E-state index contributed by atoms with van der Waals surface area (Å²) in [4.78, 5) is 11.3. The molecule has 0 unspecified atom stereocenters. The molecule has 98 valence electrons. The number of nitrogens with zero attached hydrogens (tertiary/aromatic N) is 1. The van der Waals surface area contributed by atoms with Crippen LogP contribution < -0.4 is 16.4 Å². The van der Waals surface area contributed by atoms with Crippen LogP contribution in [0.15, 0.2) is 5.16 Å². The first kappa shape index (κ1) is 13.8. The number of amidine groups is 1. The molecule has 1 aliphatic carbocycles. The number of hydrogen-bond acceptors (Lipinski definition) is 4. The second-order valence-corrected chi connectivity index (χ2v) is 4.39. The van der Waals surface area contributed by atoms with Crippen LogP contribution >= 0.6 is 0 Å². The summed E-state index contributed by atoms with van der Waals surface area (Å²) in [5.74, 6) is 0.418. The Labute approximate surface area is 102 Å². The van der Waals surface area contributed by atoms with Crippen molar-refractivity contribution < 1.29 is 10.0 Å². The van der Waals surface area contributed by atoms with E-state index in [1.54, 1.807) is 0 Å². The van der Waals surface area contributed by atoms with E-state index in [9.17, 15) is 4.79 Å². The summed E-state index contributed by atoms with van der Waals surface area (Å²) >= 11 is 0. The number of amides is 1. The monoisotopic (exact) mass is 242 g/mol. The maximum atomic E-state index is 11.3. The Morgan fingerprint density at radius 1 is 1.29 bits per heavy atom. The minimum absolute atomic E-state index is 0.158. The minimum Gasteiger partial charge on any atom is -0.409 e. The van der Waals surface area contributed by atoms with Gasteiger partial charge < -0.3 is 21.6 Å². The standard InChI is InChI=1S/C11H22N4O2/c12-10(15-17)3-1-7-13-8-2-4-11(16)14-9-5-6-9/h9,13,17H,1-8H2,(H2,12,15)(H,14,16). The molecular weight excluding hydrogens is 220 g/mol. The summed E-state index contributed by atoms with van der Waals surface area (Å²) in [5.41, 5.74) is 5.33. The Morgan fingerprint density at radius 3 is 2.53 bits per heavy atom. The molecule has 1 saturated carbocycles. The normalized spacial score (nSPS) is 15.9. The quantitative estimate of drug-likeness (QED) is 0.152. The topological polar surface area (TPSA) is 99.7 Å². The fourth-order valence-corrected chi connectivity index (χ4v) is 1.47. The van der Waals surface area contributed by atoms with Crippen LogP contribution in [0, 0.1) is 0 Å². The molecule has 5 N–H and O–H groups in total. The van der Waals surface area contributed by atoms with Gasteiger partial charge in [-0.2, -0.15) is 0 Å². The Balaban J connectivity index is 1.82. The Kier molecular flexibility index (Phi) is 6.39. The van der Waals surface area contributed by atoms with Crippen LogP contribution in [0.1, 0.15) is 38.5 Å². The van der Waals surface area contributed by atoms with Crippen LogP contribution in [0.2, 0.25) is 0 Å². The van der Waals surface area contributed by atoms with Gasteiger partial charge in [0, 0.05) is 18.9 Å². The Bertz CT molecular complexity index is 264. The largest absolute Gasteiger partial charge is 0.409 e. The summed E-state index contributed by atoms with van der Waals surface area (Å²) in [6.07, 6.45) is 5.14. The summed E-state index contributed by atoms with van der Waals surface area (Å²) in [5, 5.41) is 17.4. The summed E-state index contributed by atoms with van der Waals surface area (Å²) in [6.45, 7) is 1.65. The molecule has 6 nitrogen and oxygen atoms in total. The third-order valence-electron chi connectivity index (χ3n) is 2.61. The Hall–Kier alpha value is -1.30. The molecule has 17 heavy (non-hydrogen) atoms. The van der Waals surface area contributed by atoms with Crippen molar-refractivity contribution in [3.8, 4) is 0 Å². The van der Waals surface area contributed by atoms with Gasteiger partial charge in [0.15, 0.2) is 0 Å². The zero-order valence-electron chi connectivity index (χ0n) is 10.1. The van der Waals surface area contributed by atoms with Crippen LogP contribution in [0.25, 0.3) is 0 Å². The molecule has 1 fully saturated rings. The molecule has 0 aromatic rings. The first-order chi connectivity index (χ1) is 8.22. The highest BCUT2D eigenvalue weighted by Gasteiger charge is 2.22. The second-order valence-electron chi connectivity index (χ2n) is 4.39. The molecule has 0 spiro atoms. The highest BCUT2D eigenvalue weighted by molar-refractivity contribution is 5.79. The van der Waals surface area contributed by atoms with Crippen molar-refractivity contribution in [1.82, 2.24) is 10.6 Å². The molecule has 0 bridgehead atoms. The molecular formula is C11H22N4O2. The van der Waals surface area contributed by atoms with Crippen molar-refractivity contribution in [3.63, 3.8) is 0 Å². The average Bonchev–Trinajstić information content (AvgIpc) is 3.11. The number of carbonyl (C=O) groups is 1. The van der Waals surface area contributed by atoms with Crippen LogP contribution in [0.3, 0.4) is 0 Å². The first-order valence-corrected chi connectivity index (χ1v) is 6.19. The second kappa shape index (κ2) is 7.89. The van der Waals surface area contributed by atoms with E-state index in [1.165, 1.54) is 0 Å². The van der Waals surface area contributed by atoms with Crippen molar-refractivity contribution >= 4 is 11.7 Å². The lowest BCUT2D eigenvalue weighted by molar-refractivity contribution is -0.121. The van der Waals surface area contributed by atoms with Gasteiger partial charge in [0.25, 0.3) is 0 Å². The fraction of sp³-hybridized carbons (Fsp3) is 0.818. The molecule has 0 radical (unpaired) electrons. The maximum Gasteiger partial charge on any atom is 0.220 e. The van der Waals surface area contributed by atoms with E-state index in [1.807, 2.05) is 0 Å². The number of hydrogen-bond donors (Lipinski definition) is 4. The SMILES string of the molecule is NC(CCCNCCCC(=O)NC1CC1)=NO. The van der Waals surface area contributed by atoms with E-state index in [4.69, 9.17) is 10.9 Å². The molecule has 1 amide bonds. The van der Waals surface area contributed by atoms with E-state index in [0.29, 0.717) is 18.9 Å². The van der Waals surface area contributed by atoms with Gasteiger partial charge in [0.2, 0.25) is 5.91 Å². The van der Waals surface area contributed by atoms with Crippen LogP contribution in [0.5, 0.6) is 0 Å². The summed E-state index contributed by atoms with van der Waals surface area (Å²) in [7, 11) is 0. The highest BCUT2D eigenvalue weighted by Crippen LogP contribution is 2.18. The average molecular weight is 242 g/mol. The predicted octanol–water partition coefficient (Wildman–Crippen LogP) is 0.161. The van der Waals surface area contributed by atoms with E-state index in [2.05, 4.69) is 15.8 Å². The zero-order chi connectivity index (χ0) is 12.5. The van der Waals surface area contributed by atoms with Crippen LogP contribution in [0.4, 0.5) is 0 Å². The summed E-state index contributed by atoms with van der Waals surface area (Å²) < 4.78 is 0. The van der Waals surface area contributed by atoms with Gasteiger partial charge in [-0.25, -0.2) is 0 Å². The van der Waals surface area contributed by atoms with E-state index in [0.717, 1.165) is 38.8 Å². The van der Waals surface area contributed by atoms with Crippen molar-refractivity contribution in [2.24, 2.45) is 10.9 Å². The third kappa shape index (κ3) is 7.57. The minimum atomic E-state index is 0.158. The molecule has 0 aliphatic heterocycles. The molecule has 0 atom stereocenters. The number of rotatable bonds is 9. The van der Waals surface area contributed by atoms with E-state index in [-0.39, 0.29) is 11.7 Å². The Morgan fingerprint density at radius 2 is 1.94 bits per heavy atom. The number of carbonyl (C=O) groups excluding carboxylic acids is 1. The van der Waals surface area contributed by atoms with Gasteiger partial charge in [-0.3, -0.25) is 4.79 Å². The zero-order valence-corrected chi connectivity index (χ0v) is 10.1. The van der Waals surface area contributed by atoms with E-state index < -0.39 is 0 Å². The summed E-state index contributed by atoms with van der Waals surface area (Å²) in [6, 6.07) is 0.455. The molecule has 0 aromatic carbocycles. The molecule has 6 heteroatoms. The number of oxime groups is 1. The predicted molar refractivity (Wildman–Crippen MR) is 65.9 cm³/mol. The van der Waals surface area contributed by atoms with Gasteiger partial charge in [-0.05, 0) is 38.8 Å². The van der Waals surface area contributed by atoms with Crippen molar-refractivity contribution in [2.45, 2.75) is 44.6 Å². The van der Waals surface area contributed by atoms with Gasteiger partial charge in [0.05, 0.1) is 0 Å². The molecule has 0 aromatic heterocycles.